The van der Waals surface area contributed by atoms with Gasteiger partial charge in [-0.25, -0.2) is 4.98 Å². The molecule has 2 amide bonds. The second kappa shape index (κ2) is 2.53. The van der Waals surface area contributed by atoms with Crippen LogP contribution in [0.1, 0.15) is 21.1 Å². The summed E-state index contributed by atoms with van der Waals surface area (Å²) in [5.74, 6) is -1.89. The first-order valence-corrected chi connectivity index (χ1v) is 2.97. The average Bonchev–Trinajstić information content (AvgIpc) is 2.30. The van der Waals surface area contributed by atoms with Gasteiger partial charge in [0.05, 0.1) is 0 Å². The summed E-state index contributed by atoms with van der Waals surface area (Å²) in [6.07, 6.45) is 0. The van der Waals surface area contributed by atoms with Crippen LogP contribution in [0.5, 0.6) is 0 Å². The van der Waals surface area contributed by atoms with Crippen LogP contribution < -0.4 is 17.2 Å². The number of aromatic nitrogens is 2. The van der Waals surface area contributed by atoms with Crippen molar-refractivity contribution in [2.24, 2.45) is 11.5 Å². The molecule has 0 bridgehead atoms. The van der Waals surface area contributed by atoms with Crippen molar-refractivity contribution in [1.82, 2.24) is 9.97 Å². The summed E-state index contributed by atoms with van der Waals surface area (Å²) in [4.78, 5) is 26.9. The Balaban J connectivity index is 3.17. The van der Waals surface area contributed by atoms with E-state index >= 15 is 0 Å². The lowest BCUT2D eigenvalue weighted by Crippen LogP contribution is -2.15. The number of H-pyrrole nitrogens is 1. The molecule has 0 aliphatic rings. The highest BCUT2D eigenvalue weighted by Crippen LogP contribution is 2.05. The van der Waals surface area contributed by atoms with Crippen LogP contribution >= 0.6 is 0 Å². The molecule has 7 N–H and O–H groups in total. The van der Waals surface area contributed by atoms with E-state index < -0.39 is 11.8 Å². The molecule has 0 unspecified atom stereocenters. The van der Waals surface area contributed by atoms with Crippen molar-refractivity contribution in [1.29, 1.82) is 0 Å². The highest BCUT2D eigenvalue weighted by atomic mass is 16.2. The number of nitrogen functional groups attached to an aromatic ring is 1. The minimum absolute atomic E-state index is 0.108. The summed E-state index contributed by atoms with van der Waals surface area (Å²) < 4.78 is 0. The zero-order valence-electron chi connectivity index (χ0n) is 6.00. The Hall–Kier alpha value is -2.05. The maximum absolute atomic E-state index is 10.6. The van der Waals surface area contributed by atoms with Crippen molar-refractivity contribution < 1.29 is 9.59 Å². The summed E-state index contributed by atoms with van der Waals surface area (Å²) in [7, 11) is 0. The number of anilines is 1. The van der Waals surface area contributed by atoms with E-state index in [0.717, 1.165) is 0 Å². The number of hydrogen-bond acceptors (Lipinski definition) is 4. The zero-order valence-corrected chi connectivity index (χ0v) is 6.00. The van der Waals surface area contributed by atoms with Gasteiger partial charge in [0.25, 0.3) is 11.8 Å². The van der Waals surface area contributed by atoms with Crippen LogP contribution in [0.25, 0.3) is 0 Å². The van der Waals surface area contributed by atoms with Crippen LogP contribution in [-0.4, -0.2) is 21.8 Å². The summed E-state index contributed by atoms with van der Waals surface area (Å²) >= 11 is 0. The standard InChI is InChI=1S/C5H7N5O2/c6-2-1(3(7)11)9-5(10-2)4(8)12/h6H2,(H2,7,11)(H2,8,12)(H,9,10). The fourth-order valence-corrected chi connectivity index (χ4v) is 0.691. The van der Waals surface area contributed by atoms with E-state index in [2.05, 4.69) is 9.97 Å². The number of nitrogens with zero attached hydrogens (tertiary/aromatic N) is 1. The van der Waals surface area contributed by atoms with Crippen molar-refractivity contribution in [3.05, 3.63) is 11.5 Å². The number of hydrogen-bond donors (Lipinski definition) is 4. The number of rotatable bonds is 2. The smallest absolute Gasteiger partial charge is 0.284 e. The van der Waals surface area contributed by atoms with Gasteiger partial charge in [-0.1, -0.05) is 0 Å². The molecule has 0 aliphatic heterocycles. The number of carbonyl (C=O) groups is 2. The molecule has 1 heterocycles. The van der Waals surface area contributed by atoms with Gasteiger partial charge in [-0.05, 0) is 0 Å². The summed E-state index contributed by atoms with van der Waals surface area (Å²) in [5.41, 5.74) is 14.9. The normalized spacial score (nSPS) is 9.67. The Morgan fingerprint density at radius 2 is 1.83 bits per heavy atom. The molecule has 7 heteroatoms. The first kappa shape index (κ1) is 8.05. The third-order valence-corrected chi connectivity index (χ3v) is 1.21. The van der Waals surface area contributed by atoms with Gasteiger partial charge in [-0.2, -0.15) is 0 Å². The van der Waals surface area contributed by atoms with E-state index in [1.54, 1.807) is 0 Å². The van der Waals surface area contributed by atoms with E-state index in [9.17, 15) is 9.59 Å². The molecule has 0 atom stereocenters. The van der Waals surface area contributed by atoms with Crippen molar-refractivity contribution in [2.75, 3.05) is 5.73 Å². The van der Waals surface area contributed by atoms with Gasteiger partial charge in [-0.3, -0.25) is 9.59 Å². The van der Waals surface area contributed by atoms with Gasteiger partial charge >= 0.3 is 0 Å². The molecule has 64 valence electrons. The Kier molecular flexibility index (Phi) is 1.70. The zero-order chi connectivity index (χ0) is 9.30. The molecule has 0 spiro atoms. The minimum atomic E-state index is -0.797. The second-order valence-electron chi connectivity index (χ2n) is 2.07. The van der Waals surface area contributed by atoms with Crippen molar-refractivity contribution in [3.8, 4) is 0 Å². The Morgan fingerprint density at radius 3 is 2.08 bits per heavy atom. The quantitative estimate of drug-likeness (QED) is 0.414. The number of nitrogens with one attached hydrogen (secondary N) is 1. The Labute approximate surface area is 66.9 Å². The number of imidazole rings is 1. The van der Waals surface area contributed by atoms with Gasteiger partial charge in [0.15, 0.2) is 11.6 Å². The van der Waals surface area contributed by atoms with Crippen LogP contribution in [0, 0.1) is 0 Å². The van der Waals surface area contributed by atoms with E-state index in [1.165, 1.54) is 0 Å². The molecule has 1 aromatic heterocycles. The highest BCUT2D eigenvalue weighted by molar-refractivity contribution is 5.98. The molecule has 0 saturated heterocycles. The lowest BCUT2D eigenvalue weighted by molar-refractivity contribution is 0.0991. The largest absolute Gasteiger partial charge is 0.382 e. The predicted octanol–water partition coefficient (Wildman–Crippen LogP) is -1.81. The number of amides is 2. The third kappa shape index (κ3) is 1.19. The molecule has 0 fully saturated rings. The van der Waals surface area contributed by atoms with Crippen LogP contribution in [0.3, 0.4) is 0 Å². The number of primary amides is 2. The van der Waals surface area contributed by atoms with Crippen molar-refractivity contribution in [3.63, 3.8) is 0 Å². The van der Waals surface area contributed by atoms with Crippen molar-refractivity contribution in [2.45, 2.75) is 0 Å². The molecular formula is C5H7N5O2. The monoisotopic (exact) mass is 169 g/mol. The van der Waals surface area contributed by atoms with Crippen LogP contribution in [0.2, 0.25) is 0 Å². The van der Waals surface area contributed by atoms with Crippen molar-refractivity contribution >= 4 is 17.6 Å². The van der Waals surface area contributed by atoms with Gasteiger partial charge in [-0.15, -0.1) is 0 Å². The minimum Gasteiger partial charge on any atom is -0.382 e. The first-order valence-electron chi connectivity index (χ1n) is 2.97. The Bertz CT molecular complexity index is 342. The fourth-order valence-electron chi connectivity index (χ4n) is 0.691. The van der Waals surface area contributed by atoms with Gasteiger partial charge in [0.1, 0.15) is 5.69 Å². The maximum atomic E-state index is 10.6. The number of carbonyl (C=O) groups excluding carboxylic acids is 2. The number of nitrogens with two attached hydrogens (primary N) is 3. The van der Waals surface area contributed by atoms with Crippen LogP contribution in [0.15, 0.2) is 0 Å². The van der Waals surface area contributed by atoms with Gasteiger partial charge in [0, 0.05) is 0 Å². The first-order chi connectivity index (χ1) is 5.52. The lowest BCUT2D eigenvalue weighted by Gasteiger charge is -1.87. The fraction of sp³-hybridized carbons (Fsp3) is 0. The van der Waals surface area contributed by atoms with E-state index in [4.69, 9.17) is 17.2 Å². The van der Waals surface area contributed by atoms with E-state index in [0.29, 0.717) is 0 Å². The number of aromatic amines is 1. The molecular weight excluding hydrogens is 162 g/mol. The molecule has 0 saturated carbocycles. The van der Waals surface area contributed by atoms with Gasteiger partial charge < -0.3 is 22.2 Å². The SMILES string of the molecule is NC(=O)c1nc(N)c(C(N)=O)[nH]1. The Morgan fingerprint density at radius 1 is 1.25 bits per heavy atom. The van der Waals surface area contributed by atoms with E-state index in [-0.39, 0.29) is 17.3 Å². The summed E-state index contributed by atoms with van der Waals surface area (Å²) in [5, 5.41) is 0. The average molecular weight is 169 g/mol. The molecule has 0 radical (unpaired) electrons. The summed E-state index contributed by atoms with van der Waals surface area (Å²) in [6, 6.07) is 0. The maximum Gasteiger partial charge on any atom is 0.284 e. The van der Waals surface area contributed by atoms with Crippen LogP contribution in [0.4, 0.5) is 5.82 Å². The predicted molar refractivity (Wildman–Crippen MR) is 40.0 cm³/mol. The molecule has 0 aromatic carbocycles. The molecule has 12 heavy (non-hydrogen) atoms. The molecule has 0 aliphatic carbocycles. The second-order valence-corrected chi connectivity index (χ2v) is 2.07. The third-order valence-electron chi connectivity index (χ3n) is 1.21. The van der Waals surface area contributed by atoms with Gasteiger partial charge in [0.2, 0.25) is 0 Å². The topological polar surface area (TPSA) is 141 Å². The van der Waals surface area contributed by atoms with E-state index in [1.807, 2.05) is 0 Å². The summed E-state index contributed by atoms with van der Waals surface area (Å²) in [6.45, 7) is 0. The van der Waals surface area contributed by atoms with Crippen LogP contribution in [-0.2, 0) is 0 Å². The highest BCUT2D eigenvalue weighted by Gasteiger charge is 2.14. The molecule has 7 nitrogen and oxygen atoms in total. The molecule has 1 rings (SSSR count). The molecule has 1 aromatic rings. The lowest BCUT2D eigenvalue weighted by atomic mass is 10.4.